The average molecular weight is 498 g/mol. The van der Waals surface area contributed by atoms with E-state index in [2.05, 4.69) is 70.6 Å². The van der Waals surface area contributed by atoms with Gasteiger partial charge in [-0.1, -0.05) is 74.7 Å². The van der Waals surface area contributed by atoms with Gasteiger partial charge in [-0.25, -0.2) is 0 Å². The van der Waals surface area contributed by atoms with Crippen LogP contribution in [-0.4, -0.2) is 15.2 Å². The summed E-state index contributed by atoms with van der Waals surface area (Å²) in [4.78, 5) is 4.37. The molecule has 0 aliphatic carbocycles. The van der Waals surface area contributed by atoms with Crippen molar-refractivity contribution in [1.29, 1.82) is 0 Å². The van der Waals surface area contributed by atoms with Gasteiger partial charge in [-0.3, -0.25) is 10.1 Å². The van der Waals surface area contributed by atoms with Crippen LogP contribution in [0.5, 0.6) is 0 Å². The lowest BCUT2D eigenvalue weighted by molar-refractivity contribution is -0.141. The molecular weight excluding hydrogens is 471 g/mol. The molecule has 0 unspecified atom stereocenters. The molecule has 0 radical (unpaired) electrons. The van der Waals surface area contributed by atoms with Crippen LogP contribution in [0.4, 0.5) is 13.2 Å². The van der Waals surface area contributed by atoms with E-state index in [1.165, 1.54) is 45.3 Å². The third-order valence-electron chi connectivity index (χ3n) is 7.22. The molecule has 0 bridgehead atoms. The normalized spacial score (nSPS) is 12.3. The number of hydrogen-bond donors (Lipinski definition) is 1. The summed E-state index contributed by atoms with van der Waals surface area (Å²) in [6, 6.07) is 22.2. The van der Waals surface area contributed by atoms with Gasteiger partial charge in [0.05, 0.1) is 11.4 Å². The van der Waals surface area contributed by atoms with Gasteiger partial charge in [-0.15, -0.1) is 0 Å². The first-order chi connectivity index (χ1) is 17.9. The quantitative estimate of drug-likeness (QED) is 0.176. The average Bonchev–Trinajstić information content (AvgIpc) is 3.41. The summed E-state index contributed by atoms with van der Waals surface area (Å²) in [6.45, 7) is 2.21. The molecule has 0 spiro atoms. The molecule has 0 fully saturated rings. The maximum Gasteiger partial charge on any atom is 0.435 e. The molecule has 3 nitrogen and oxygen atoms in total. The Labute approximate surface area is 212 Å². The number of pyridine rings is 1. The van der Waals surface area contributed by atoms with Crippen molar-refractivity contribution in [3.8, 4) is 22.5 Å². The number of unbranched alkanes of at least 4 members (excludes halogenated alkanes) is 3. The maximum atomic E-state index is 13.2. The molecule has 1 N–H and O–H groups in total. The van der Waals surface area contributed by atoms with Crippen LogP contribution in [0.25, 0.3) is 54.8 Å². The van der Waals surface area contributed by atoms with Crippen LogP contribution in [0.15, 0.2) is 72.9 Å². The molecule has 6 aromatic rings. The first-order valence-corrected chi connectivity index (χ1v) is 12.7. The number of aromatic amines is 1. The van der Waals surface area contributed by atoms with E-state index >= 15 is 0 Å². The number of rotatable bonds is 7. The zero-order chi connectivity index (χ0) is 25.6. The number of nitrogens with zero attached hydrogens (tertiary/aromatic N) is 2. The molecule has 6 rings (SSSR count). The molecule has 2 heterocycles. The second-order valence-corrected chi connectivity index (χ2v) is 9.67. The van der Waals surface area contributed by atoms with Gasteiger partial charge in [0, 0.05) is 6.20 Å². The van der Waals surface area contributed by atoms with Crippen LogP contribution >= 0.6 is 0 Å². The lowest BCUT2D eigenvalue weighted by atomic mass is 9.85. The number of H-pyrrole nitrogens is 1. The number of aromatic nitrogens is 3. The Morgan fingerprint density at radius 3 is 2.35 bits per heavy atom. The third-order valence-corrected chi connectivity index (χ3v) is 7.22. The van der Waals surface area contributed by atoms with Gasteiger partial charge in [-0.2, -0.15) is 18.3 Å². The zero-order valence-electron chi connectivity index (χ0n) is 20.5. The van der Waals surface area contributed by atoms with Crippen molar-refractivity contribution in [3.63, 3.8) is 0 Å². The summed E-state index contributed by atoms with van der Waals surface area (Å²) < 4.78 is 39.5. The lowest BCUT2D eigenvalue weighted by Crippen LogP contribution is -2.04. The minimum absolute atomic E-state index is 0.247. The third kappa shape index (κ3) is 4.20. The highest BCUT2D eigenvalue weighted by molar-refractivity contribution is 6.25. The highest BCUT2D eigenvalue weighted by Crippen LogP contribution is 2.42. The summed E-state index contributed by atoms with van der Waals surface area (Å²) >= 11 is 0. The molecule has 186 valence electrons. The number of benzene rings is 4. The van der Waals surface area contributed by atoms with Crippen molar-refractivity contribution in [2.24, 2.45) is 0 Å². The molecular formula is C31H26F3N3. The monoisotopic (exact) mass is 497 g/mol. The molecule has 6 heteroatoms. The van der Waals surface area contributed by atoms with Gasteiger partial charge < -0.3 is 0 Å². The maximum absolute atomic E-state index is 13.2. The zero-order valence-corrected chi connectivity index (χ0v) is 20.5. The molecule has 0 aliphatic heterocycles. The van der Waals surface area contributed by atoms with E-state index in [1.807, 2.05) is 12.1 Å². The Morgan fingerprint density at radius 1 is 0.811 bits per heavy atom. The molecule has 4 aromatic carbocycles. The fraction of sp³-hybridized carbons (Fsp3) is 0.226. The van der Waals surface area contributed by atoms with E-state index in [0.717, 1.165) is 41.8 Å². The topological polar surface area (TPSA) is 41.6 Å². The first-order valence-electron chi connectivity index (χ1n) is 12.7. The summed E-state index contributed by atoms with van der Waals surface area (Å²) in [7, 11) is 0. The van der Waals surface area contributed by atoms with Crippen LogP contribution in [0, 0.1) is 0 Å². The second-order valence-electron chi connectivity index (χ2n) is 9.67. The molecule has 2 aromatic heterocycles. The van der Waals surface area contributed by atoms with Gasteiger partial charge in [0.2, 0.25) is 0 Å². The van der Waals surface area contributed by atoms with Gasteiger partial charge in [-0.05, 0) is 80.0 Å². The summed E-state index contributed by atoms with van der Waals surface area (Å²) in [5.41, 5.74) is 3.05. The number of nitrogens with one attached hydrogen (secondary N) is 1. The van der Waals surface area contributed by atoms with Crippen molar-refractivity contribution < 1.29 is 13.2 Å². The largest absolute Gasteiger partial charge is 0.435 e. The Bertz CT molecular complexity index is 1700. The Hall–Kier alpha value is -3.93. The molecule has 0 atom stereocenters. The summed E-state index contributed by atoms with van der Waals surface area (Å²) in [5.74, 6) is 0. The van der Waals surface area contributed by atoms with E-state index in [1.54, 1.807) is 6.20 Å². The fourth-order valence-electron chi connectivity index (χ4n) is 5.48. The van der Waals surface area contributed by atoms with E-state index in [4.69, 9.17) is 0 Å². The first kappa shape index (κ1) is 23.5. The standard InChI is InChI=1S/C31H26F3N3/c1-2-3-4-5-7-21-16-22-11-10-19-8-6-9-20-12-13-24(30(22)29(19)20)28(21)23-14-15-35-25(17-23)26-18-27(37-36-26)31(32,33)34/h6,8-18H,2-5,7H2,1H3,(H,36,37). The predicted molar refractivity (Wildman–Crippen MR) is 144 cm³/mol. The van der Waals surface area contributed by atoms with Crippen molar-refractivity contribution in [1.82, 2.24) is 15.2 Å². The number of halogens is 3. The van der Waals surface area contributed by atoms with Gasteiger partial charge in [0.25, 0.3) is 0 Å². The van der Waals surface area contributed by atoms with Gasteiger partial charge >= 0.3 is 6.18 Å². The van der Waals surface area contributed by atoms with Gasteiger partial charge in [0.1, 0.15) is 0 Å². The molecule has 0 saturated heterocycles. The van der Waals surface area contributed by atoms with E-state index in [0.29, 0.717) is 5.69 Å². The van der Waals surface area contributed by atoms with Crippen LogP contribution in [0.2, 0.25) is 0 Å². The number of alkyl halides is 3. The van der Waals surface area contributed by atoms with Crippen molar-refractivity contribution in [2.75, 3.05) is 0 Å². The summed E-state index contributed by atoms with van der Waals surface area (Å²) in [5, 5.41) is 13.2. The molecule has 37 heavy (non-hydrogen) atoms. The van der Waals surface area contributed by atoms with Crippen LogP contribution < -0.4 is 0 Å². The van der Waals surface area contributed by atoms with E-state index < -0.39 is 11.9 Å². The van der Waals surface area contributed by atoms with Crippen molar-refractivity contribution in [3.05, 3.63) is 84.2 Å². The summed E-state index contributed by atoms with van der Waals surface area (Å²) in [6.07, 6.45) is 2.71. The highest BCUT2D eigenvalue weighted by atomic mass is 19.4. The van der Waals surface area contributed by atoms with Crippen LogP contribution in [-0.2, 0) is 12.6 Å². The Morgan fingerprint density at radius 2 is 1.59 bits per heavy atom. The smallest absolute Gasteiger partial charge is 0.276 e. The molecule has 0 amide bonds. The second kappa shape index (κ2) is 9.18. The van der Waals surface area contributed by atoms with E-state index in [9.17, 15) is 13.2 Å². The lowest BCUT2D eigenvalue weighted by Gasteiger charge is -2.19. The van der Waals surface area contributed by atoms with Crippen molar-refractivity contribution >= 4 is 32.3 Å². The van der Waals surface area contributed by atoms with Gasteiger partial charge in [0.15, 0.2) is 5.69 Å². The molecule has 0 saturated carbocycles. The SMILES string of the molecule is CCCCCCc1cc2ccc3cccc4ccc(c1-c1ccnc(-c5cc(C(F)(F)F)n[nH]5)c1)c2c34. The number of hydrogen-bond acceptors (Lipinski definition) is 2. The molecule has 0 aliphatic rings. The Balaban J connectivity index is 1.56. The number of aryl methyl sites for hydroxylation is 1. The van der Waals surface area contributed by atoms with E-state index in [-0.39, 0.29) is 5.69 Å². The Kier molecular flexibility index (Phi) is 5.82. The highest BCUT2D eigenvalue weighted by Gasteiger charge is 2.34. The van der Waals surface area contributed by atoms with Crippen molar-refractivity contribution in [2.45, 2.75) is 45.2 Å². The van der Waals surface area contributed by atoms with Crippen LogP contribution in [0.1, 0.15) is 43.9 Å². The minimum atomic E-state index is -4.51. The predicted octanol–water partition coefficient (Wildman–Crippen LogP) is 9.18. The van der Waals surface area contributed by atoms with Crippen LogP contribution in [0.3, 0.4) is 0 Å². The minimum Gasteiger partial charge on any atom is -0.276 e. The fourth-order valence-corrected chi connectivity index (χ4v) is 5.48.